The third-order valence-corrected chi connectivity index (χ3v) is 2.76. The van der Waals surface area contributed by atoms with Crippen LogP contribution in [0, 0.1) is 5.82 Å². The molecular weight excluding hydrogens is 223 g/mol. The third-order valence-electron chi connectivity index (χ3n) is 2.76. The summed E-state index contributed by atoms with van der Waals surface area (Å²) in [4.78, 5) is 3.83. The Morgan fingerprint density at radius 1 is 1.53 bits per heavy atom. The van der Waals surface area contributed by atoms with Crippen LogP contribution >= 0.6 is 0 Å². The SMILES string of the molecule is CC(NCC1COCCO1)c1cncc(F)c1. The Hall–Kier alpha value is -1.04. The number of nitrogens with zero attached hydrogens (tertiary/aromatic N) is 1. The van der Waals surface area contributed by atoms with E-state index >= 15 is 0 Å². The molecule has 0 radical (unpaired) electrons. The molecule has 0 saturated carbocycles. The Balaban J connectivity index is 1.82. The van der Waals surface area contributed by atoms with Crippen LogP contribution in [0.15, 0.2) is 18.5 Å². The van der Waals surface area contributed by atoms with Gasteiger partial charge in [0.2, 0.25) is 0 Å². The number of halogens is 1. The molecular formula is C12H17FN2O2. The maximum absolute atomic E-state index is 13.0. The highest BCUT2D eigenvalue weighted by Crippen LogP contribution is 2.12. The molecule has 2 heterocycles. The van der Waals surface area contributed by atoms with Crippen LogP contribution in [0.1, 0.15) is 18.5 Å². The van der Waals surface area contributed by atoms with E-state index in [4.69, 9.17) is 9.47 Å². The second-order valence-corrected chi connectivity index (χ2v) is 4.13. The van der Waals surface area contributed by atoms with Gasteiger partial charge in [-0.2, -0.15) is 0 Å². The number of rotatable bonds is 4. The summed E-state index contributed by atoms with van der Waals surface area (Å²) in [6.45, 7) is 4.58. The van der Waals surface area contributed by atoms with Gasteiger partial charge in [0.15, 0.2) is 0 Å². The molecule has 2 unspecified atom stereocenters. The number of nitrogens with one attached hydrogen (secondary N) is 1. The van der Waals surface area contributed by atoms with Gasteiger partial charge in [0, 0.05) is 18.8 Å². The van der Waals surface area contributed by atoms with Gasteiger partial charge >= 0.3 is 0 Å². The van der Waals surface area contributed by atoms with Crippen molar-refractivity contribution in [1.29, 1.82) is 0 Å². The largest absolute Gasteiger partial charge is 0.376 e. The predicted molar refractivity (Wildman–Crippen MR) is 61.2 cm³/mol. The van der Waals surface area contributed by atoms with Crippen LogP contribution in [0.2, 0.25) is 0 Å². The zero-order valence-electron chi connectivity index (χ0n) is 9.86. The lowest BCUT2D eigenvalue weighted by Gasteiger charge is -2.25. The highest BCUT2D eigenvalue weighted by atomic mass is 19.1. The highest BCUT2D eigenvalue weighted by Gasteiger charge is 2.15. The second kappa shape index (κ2) is 6.05. The number of aromatic nitrogens is 1. The van der Waals surface area contributed by atoms with Crippen molar-refractivity contribution < 1.29 is 13.9 Å². The lowest BCUT2D eigenvalue weighted by atomic mass is 10.1. The fourth-order valence-electron chi connectivity index (χ4n) is 1.75. The average Bonchev–Trinajstić information content (AvgIpc) is 2.37. The average molecular weight is 240 g/mol. The maximum Gasteiger partial charge on any atom is 0.141 e. The lowest BCUT2D eigenvalue weighted by Crippen LogP contribution is -2.38. The van der Waals surface area contributed by atoms with Crippen LogP contribution in [0.3, 0.4) is 0 Å². The molecule has 1 aliphatic heterocycles. The maximum atomic E-state index is 13.0. The predicted octanol–water partition coefficient (Wildman–Crippen LogP) is 1.29. The fraction of sp³-hybridized carbons (Fsp3) is 0.583. The molecule has 0 amide bonds. The zero-order valence-corrected chi connectivity index (χ0v) is 9.86. The van der Waals surface area contributed by atoms with Gasteiger partial charge in [0.05, 0.1) is 32.1 Å². The van der Waals surface area contributed by atoms with Gasteiger partial charge in [-0.25, -0.2) is 4.39 Å². The van der Waals surface area contributed by atoms with Gasteiger partial charge in [-0.15, -0.1) is 0 Å². The van der Waals surface area contributed by atoms with Crippen LogP contribution in [0.5, 0.6) is 0 Å². The van der Waals surface area contributed by atoms with E-state index in [1.54, 1.807) is 6.20 Å². The van der Waals surface area contributed by atoms with Crippen LogP contribution in [-0.4, -0.2) is 37.5 Å². The topological polar surface area (TPSA) is 43.4 Å². The van der Waals surface area contributed by atoms with Crippen molar-refractivity contribution in [2.45, 2.75) is 19.1 Å². The Kier molecular flexibility index (Phi) is 4.42. The van der Waals surface area contributed by atoms with Crippen molar-refractivity contribution in [2.75, 3.05) is 26.4 Å². The minimum atomic E-state index is -0.312. The number of ether oxygens (including phenoxy) is 2. The molecule has 2 atom stereocenters. The second-order valence-electron chi connectivity index (χ2n) is 4.13. The summed E-state index contributed by atoms with van der Waals surface area (Å²) >= 11 is 0. The van der Waals surface area contributed by atoms with E-state index in [9.17, 15) is 4.39 Å². The van der Waals surface area contributed by atoms with Crippen molar-refractivity contribution in [1.82, 2.24) is 10.3 Å². The molecule has 0 aliphatic carbocycles. The standard InChI is InChI=1S/C12H17FN2O2/c1-9(10-4-11(13)6-14-5-10)15-7-12-8-16-2-3-17-12/h4-6,9,12,15H,2-3,7-8H2,1H3. The van der Waals surface area contributed by atoms with E-state index in [0.717, 1.165) is 5.56 Å². The summed E-state index contributed by atoms with van der Waals surface area (Å²) in [7, 11) is 0. The van der Waals surface area contributed by atoms with E-state index in [-0.39, 0.29) is 18.0 Å². The summed E-state index contributed by atoms with van der Waals surface area (Å²) in [5, 5.41) is 3.28. The molecule has 0 spiro atoms. The molecule has 4 nitrogen and oxygen atoms in total. The fourth-order valence-corrected chi connectivity index (χ4v) is 1.75. The van der Waals surface area contributed by atoms with Crippen LogP contribution < -0.4 is 5.32 Å². The summed E-state index contributed by atoms with van der Waals surface area (Å²) in [5.74, 6) is -0.312. The van der Waals surface area contributed by atoms with Crippen molar-refractivity contribution in [2.24, 2.45) is 0 Å². The van der Waals surface area contributed by atoms with E-state index < -0.39 is 0 Å². The minimum Gasteiger partial charge on any atom is -0.376 e. The molecule has 2 rings (SSSR count). The van der Waals surface area contributed by atoms with Crippen LogP contribution in [0.4, 0.5) is 4.39 Å². The summed E-state index contributed by atoms with van der Waals surface area (Å²) in [6.07, 6.45) is 2.94. The molecule has 0 bridgehead atoms. The summed E-state index contributed by atoms with van der Waals surface area (Å²) < 4.78 is 23.8. The smallest absolute Gasteiger partial charge is 0.141 e. The van der Waals surface area contributed by atoms with Gasteiger partial charge in [0.1, 0.15) is 5.82 Å². The third kappa shape index (κ3) is 3.73. The molecule has 1 aromatic heterocycles. The van der Waals surface area contributed by atoms with Gasteiger partial charge in [-0.3, -0.25) is 4.98 Å². The van der Waals surface area contributed by atoms with E-state index in [1.807, 2.05) is 6.92 Å². The lowest BCUT2D eigenvalue weighted by molar-refractivity contribution is -0.0869. The molecule has 5 heteroatoms. The van der Waals surface area contributed by atoms with Crippen LogP contribution in [-0.2, 0) is 9.47 Å². The summed E-state index contributed by atoms with van der Waals surface area (Å²) in [5.41, 5.74) is 0.835. The van der Waals surface area contributed by atoms with Gasteiger partial charge < -0.3 is 14.8 Å². The van der Waals surface area contributed by atoms with Crippen molar-refractivity contribution in [3.8, 4) is 0 Å². The van der Waals surface area contributed by atoms with Gasteiger partial charge in [0.25, 0.3) is 0 Å². The normalized spacial score (nSPS) is 22.4. The summed E-state index contributed by atoms with van der Waals surface area (Å²) in [6, 6.07) is 1.53. The van der Waals surface area contributed by atoms with Gasteiger partial charge in [-0.05, 0) is 18.6 Å². The number of hydrogen-bond donors (Lipinski definition) is 1. The van der Waals surface area contributed by atoms with E-state index in [0.29, 0.717) is 26.4 Å². The molecule has 1 N–H and O–H groups in total. The van der Waals surface area contributed by atoms with Crippen LogP contribution in [0.25, 0.3) is 0 Å². The molecule has 1 aromatic rings. The Bertz CT molecular complexity index is 356. The zero-order chi connectivity index (χ0) is 12.1. The monoisotopic (exact) mass is 240 g/mol. The van der Waals surface area contributed by atoms with E-state index in [1.165, 1.54) is 12.3 Å². The van der Waals surface area contributed by atoms with Crippen molar-refractivity contribution in [3.05, 3.63) is 29.8 Å². The first-order valence-corrected chi connectivity index (χ1v) is 5.79. The molecule has 0 aromatic carbocycles. The molecule has 1 saturated heterocycles. The number of pyridine rings is 1. The Morgan fingerprint density at radius 2 is 2.41 bits per heavy atom. The molecule has 1 aliphatic rings. The van der Waals surface area contributed by atoms with Crippen molar-refractivity contribution >= 4 is 0 Å². The molecule has 94 valence electrons. The molecule has 1 fully saturated rings. The highest BCUT2D eigenvalue weighted by molar-refractivity contribution is 5.14. The Labute approximate surface area is 100 Å². The van der Waals surface area contributed by atoms with Crippen molar-refractivity contribution in [3.63, 3.8) is 0 Å². The van der Waals surface area contributed by atoms with Gasteiger partial charge in [-0.1, -0.05) is 0 Å². The number of hydrogen-bond acceptors (Lipinski definition) is 4. The molecule has 17 heavy (non-hydrogen) atoms. The first-order chi connectivity index (χ1) is 8.25. The first kappa shape index (κ1) is 12.4. The quantitative estimate of drug-likeness (QED) is 0.861. The minimum absolute atomic E-state index is 0.0451. The Morgan fingerprint density at radius 3 is 3.12 bits per heavy atom. The first-order valence-electron chi connectivity index (χ1n) is 5.79. The van der Waals surface area contributed by atoms with E-state index in [2.05, 4.69) is 10.3 Å².